The van der Waals surface area contributed by atoms with Crippen molar-refractivity contribution >= 4 is 39.7 Å². The second kappa shape index (κ2) is 6.23. The number of nitro groups is 1. The fourth-order valence-corrected chi connectivity index (χ4v) is 3.76. The van der Waals surface area contributed by atoms with Crippen LogP contribution in [-0.4, -0.2) is 28.6 Å². The van der Waals surface area contributed by atoms with Gasteiger partial charge in [-0.15, -0.1) is 0 Å². The monoisotopic (exact) mass is 387 g/mol. The van der Waals surface area contributed by atoms with E-state index in [4.69, 9.17) is 4.84 Å². The van der Waals surface area contributed by atoms with Crippen molar-refractivity contribution < 1.29 is 19.3 Å². The Bertz CT molecular complexity index is 1240. The third-order valence-electron chi connectivity index (χ3n) is 5.16. The number of non-ortho nitro benzene ring substituents is 1. The number of fused-ring (bicyclic) bond motifs is 2. The Balaban J connectivity index is 1.52. The number of carbonyl (C=O) groups excluding carboxylic acids is 2. The van der Waals surface area contributed by atoms with Crippen molar-refractivity contribution in [3.05, 3.63) is 82.4 Å². The van der Waals surface area contributed by atoms with Gasteiger partial charge >= 0.3 is 0 Å². The molecular weight excluding hydrogens is 374 g/mol. The first-order chi connectivity index (χ1) is 14.0. The number of benzene rings is 3. The number of carbonyl (C=O) groups is 2. The van der Waals surface area contributed by atoms with Gasteiger partial charge in [-0.05, 0) is 22.9 Å². The van der Waals surface area contributed by atoms with E-state index >= 15 is 0 Å². The summed E-state index contributed by atoms with van der Waals surface area (Å²) in [4.78, 5) is 42.9. The van der Waals surface area contributed by atoms with Gasteiger partial charge in [0.15, 0.2) is 0 Å². The van der Waals surface area contributed by atoms with Crippen LogP contribution in [-0.2, 0) is 14.4 Å². The van der Waals surface area contributed by atoms with Crippen molar-refractivity contribution in [1.82, 2.24) is 0 Å². The Morgan fingerprint density at radius 3 is 2.52 bits per heavy atom. The molecule has 3 aromatic rings. The lowest BCUT2D eigenvalue weighted by Gasteiger charge is -2.16. The van der Waals surface area contributed by atoms with Gasteiger partial charge < -0.3 is 4.84 Å². The minimum Gasteiger partial charge on any atom is -0.381 e. The normalized spacial score (nSPS) is 20.6. The minimum atomic E-state index is -1.07. The molecule has 5 rings (SSSR count). The Morgan fingerprint density at radius 1 is 0.931 bits per heavy atom. The zero-order valence-corrected chi connectivity index (χ0v) is 14.9. The van der Waals surface area contributed by atoms with Crippen molar-refractivity contribution in [3.8, 4) is 0 Å². The van der Waals surface area contributed by atoms with Crippen LogP contribution in [0.2, 0.25) is 0 Å². The van der Waals surface area contributed by atoms with E-state index in [1.807, 2.05) is 30.3 Å². The number of oxime groups is 1. The van der Waals surface area contributed by atoms with Crippen LogP contribution in [0.15, 0.2) is 71.9 Å². The molecule has 8 nitrogen and oxygen atoms in total. The van der Waals surface area contributed by atoms with Gasteiger partial charge in [0, 0.05) is 17.7 Å². The van der Waals surface area contributed by atoms with Crippen molar-refractivity contribution in [2.75, 3.05) is 4.90 Å². The maximum atomic E-state index is 13.1. The van der Waals surface area contributed by atoms with Crippen LogP contribution in [0.4, 0.5) is 11.4 Å². The lowest BCUT2D eigenvalue weighted by molar-refractivity contribution is -0.384. The van der Waals surface area contributed by atoms with Crippen molar-refractivity contribution in [2.24, 2.45) is 11.1 Å². The number of nitrogens with zero attached hydrogens (tertiary/aromatic N) is 3. The molecule has 3 aromatic carbocycles. The number of hydrogen-bond donors (Lipinski definition) is 0. The predicted octanol–water partition coefficient (Wildman–Crippen LogP) is 3.04. The molecule has 2 amide bonds. The molecule has 1 fully saturated rings. The smallest absolute Gasteiger partial charge is 0.278 e. The molecule has 2 heterocycles. The second-order valence-electron chi connectivity index (χ2n) is 6.83. The molecule has 0 bridgehead atoms. The van der Waals surface area contributed by atoms with E-state index in [1.165, 1.54) is 18.2 Å². The summed E-state index contributed by atoms with van der Waals surface area (Å²) in [5.74, 6) is -1.89. The van der Waals surface area contributed by atoms with Gasteiger partial charge in [0.1, 0.15) is 11.6 Å². The Morgan fingerprint density at radius 2 is 1.72 bits per heavy atom. The first-order valence-corrected chi connectivity index (χ1v) is 8.90. The molecule has 1 saturated heterocycles. The zero-order chi connectivity index (χ0) is 20.1. The summed E-state index contributed by atoms with van der Waals surface area (Å²) >= 11 is 0. The van der Waals surface area contributed by atoms with Gasteiger partial charge in [0.25, 0.3) is 11.6 Å². The molecule has 0 aliphatic carbocycles. The molecule has 0 spiro atoms. The van der Waals surface area contributed by atoms with Crippen molar-refractivity contribution in [1.29, 1.82) is 0 Å². The Hall–Kier alpha value is -4.07. The first kappa shape index (κ1) is 17.1. The van der Waals surface area contributed by atoms with Gasteiger partial charge in [-0.2, -0.15) is 0 Å². The molecule has 2 aliphatic rings. The molecule has 0 saturated carbocycles. The van der Waals surface area contributed by atoms with E-state index in [0.717, 1.165) is 15.7 Å². The van der Waals surface area contributed by atoms with E-state index in [1.54, 1.807) is 18.2 Å². The fourth-order valence-electron chi connectivity index (χ4n) is 3.76. The van der Waals surface area contributed by atoms with Crippen molar-refractivity contribution in [2.45, 2.75) is 6.10 Å². The predicted molar refractivity (Wildman–Crippen MR) is 104 cm³/mol. The summed E-state index contributed by atoms with van der Waals surface area (Å²) in [5, 5.41) is 16.8. The Kier molecular flexibility index (Phi) is 3.67. The molecule has 142 valence electrons. The van der Waals surface area contributed by atoms with E-state index in [0.29, 0.717) is 11.3 Å². The number of amides is 2. The number of nitro benzene ring substituents is 1. The maximum absolute atomic E-state index is 13.1. The highest BCUT2D eigenvalue weighted by Crippen LogP contribution is 2.36. The van der Waals surface area contributed by atoms with Crippen LogP contribution in [0.5, 0.6) is 0 Å². The lowest BCUT2D eigenvalue weighted by atomic mass is 9.94. The number of anilines is 1. The average Bonchev–Trinajstić information content (AvgIpc) is 3.28. The molecule has 29 heavy (non-hydrogen) atoms. The average molecular weight is 387 g/mol. The van der Waals surface area contributed by atoms with E-state index in [2.05, 4.69) is 5.16 Å². The Labute approximate surface area is 164 Å². The summed E-state index contributed by atoms with van der Waals surface area (Å²) in [7, 11) is 0. The standard InChI is InChI=1S/C21H13N3O5/c25-20-17-18(14-6-3-7-16(11-14)24(27)28)22-29-19(17)21(26)23(20)15-9-8-12-4-1-2-5-13(12)10-15/h1-11,17,19H/t17-,19-/m0/s1. The quantitative estimate of drug-likeness (QED) is 0.390. The van der Waals surface area contributed by atoms with Crippen LogP contribution in [0.25, 0.3) is 10.8 Å². The first-order valence-electron chi connectivity index (χ1n) is 8.90. The van der Waals surface area contributed by atoms with Gasteiger partial charge in [0.05, 0.1) is 10.6 Å². The summed E-state index contributed by atoms with van der Waals surface area (Å²) in [6, 6.07) is 18.7. The molecule has 8 heteroatoms. The largest absolute Gasteiger partial charge is 0.381 e. The maximum Gasteiger partial charge on any atom is 0.278 e. The van der Waals surface area contributed by atoms with E-state index < -0.39 is 28.8 Å². The molecule has 0 radical (unpaired) electrons. The van der Waals surface area contributed by atoms with Gasteiger partial charge in [-0.3, -0.25) is 19.7 Å². The summed E-state index contributed by atoms with van der Waals surface area (Å²) < 4.78 is 0. The molecule has 0 N–H and O–H groups in total. The number of rotatable bonds is 3. The highest BCUT2D eigenvalue weighted by Gasteiger charge is 2.56. The summed E-state index contributed by atoms with van der Waals surface area (Å²) in [5.41, 5.74) is 0.931. The van der Waals surface area contributed by atoms with Gasteiger partial charge in [0.2, 0.25) is 12.0 Å². The minimum absolute atomic E-state index is 0.128. The molecular formula is C21H13N3O5. The lowest BCUT2D eigenvalue weighted by Crippen LogP contribution is -2.33. The SMILES string of the molecule is O=C1[C@H]2C(c3cccc([N+](=O)[O-])c3)=NO[C@@H]2C(=O)N1c1ccc2ccccc2c1. The second-order valence-corrected chi connectivity index (χ2v) is 6.83. The van der Waals surface area contributed by atoms with E-state index in [9.17, 15) is 19.7 Å². The number of imide groups is 1. The summed E-state index contributed by atoms with van der Waals surface area (Å²) in [6.07, 6.45) is -1.07. The zero-order valence-electron chi connectivity index (χ0n) is 14.9. The third kappa shape index (κ3) is 2.57. The van der Waals surface area contributed by atoms with E-state index in [-0.39, 0.29) is 11.4 Å². The fraction of sp³-hybridized carbons (Fsp3) is 0.0952. The van der Waals surface area contributed by atoms with Crippen molar-refractivity contribution in [3.63, 3.8) is 0 Å². The topological polar surface area (TPSA) is 102 Å². The van der Waals surface area contributed by atoms with Crippen LogP contribution in [0, 0.1) is 16.0 Å². The highest BCUT2D eigenvalue weighted by atomic mass is 16.7. The van der Waals surface area contributed by atoms with Crippen LogP contribution >= 0.6 is 0 Å². The third-order valence-corrected chi connectivity index (χ3v) is 5.16. The van der Waals surface area contributed by atoms with Crippen LogP contribution in [0.3, 0.4) is 0 Å². The number of hydrogen-bond acceptors (Lipinski definition) is 6. The summed E-state index contributed by atoms with van der Waals surface area (Å²) in [6.45, 7) is 0. The molecule has 2 atom stereocenters. The van der Waals surface area contributed by atoms with Crippen LogP contribution < -0.4 is 4.90 Å². The molecule has 0 unspecified atom stereocenters. The van der Waals surface area contributed by atoms with Crippen LogP contribution in [0.1, 0.15) is 5.56 Å². The molecule has 0 aromatic heterocycles. The molecule has 2 aliphatic heterocycles. The highest BCUT2D eigenvalue weighted by molar-refractivity contribution is 6.32. The van der Waals surface area contributed by atoms with Gasteiger partial charge in [-0.1, -0.05) is 47.6 Å². The van der Waals surface area contributed by atoms with Gasteiger partial charge in [-0.25, -0.2) is 4.90 Å².